The van der Waals surface area contributed by atoms with Gasteiger partial charge < -0.3 is 15.9 Å². The monoisotopic (exact) mass is 529 g/mol. The van der Waals surface area contributed by atoms with Crippen LogP contribution in [0.5, 0.6) is 0 Å². The first-order chi connectivity index (χ1) is 15.4. The summed E-state index contributed by atoms with van der Waals surface area (Å²) in [7, 11) is 0. The van der Waals surface area contributed by atoms with Gasteiger partial charge in [0.15, 0.2) is 5.60 Å². The third kappa shape index (κ3) is 7.75. The molecule has 2 atom stereocenters. The molecule has 4 N–H and O–H groups in total. The minimum Gasteiger partial charge on any atom is -0.480 e. The van der Waals surface area contributed by atoms with Crippen molar-refractivity contribution in [1.29, 1.82) is 0 Å². The Morgan fingerprint density at radius 1 is 1.12 bits per heavy atom. The maximum atomic E-state index is 14.7. The van der Waals surface area contributed by atoms with E-state index < -0.39 is 41.6 Å². The molecule has 0 bridgehead atoms. The van der Waals surface area contributed by atoms with Gasteiger partial charge in [-0.3, -0.25) is 4.79 Å². The molecule has 0 fully saturated rings. The van der Waals surface area contributed by atoms with Gasteiger partial charge in [-0.1, -0.05) is 55.2 Å². The lowest BCUT2D eigenvalue weighted by Crippen LogP contribution is -2.43. The highest BCUT2D eigenvalue weighted by Gasteiger charge is 2.55. The molecule has 33 heavy (non-hydrogen) atoms. The lowest BCUT2D eigenvalue weighted by Gasteiger charge is -2.31. The van der Waals surface area contributed by atoms with Gasteiger partial charge in [0.2, 0.25) is 0 Å². The van der Waals surface area contributed by atoms with Crippen molar-refractivity contribution >= 4 is 40.9 Å². The average molecular weight is 530 g/mol. The van der Waals surface area contributed by atoms with Crippen LogP contribution < -0.4 is 5.73 Å². The van der Waals surface area contributed by atoms with Crippen LogP contribution in [-0.4, -0.2) is 39.9 Å². The highest BCUT2D eigenvalue weighted by atomic mass is 35.5. The predicted molar refractivity (Wildman–Crippen MR) is 125 cm³/mol. The summed E-state index contributed by atoms with van der Waals surface area (Å²) >= 11 is 12.9. The van der Waals surface area contributed by atoms with Gasteiger partial charge >= 0.3 is 12.1 Å². The van der Waals surface area contributed by atoms with E-state index in [1.54, 1.807) is 0 Å². The predicted octanol–water partition coefficient (Wildman–Crippen LogP) is 6.50. The van der Waals surface area contributed by atoms with E-state index in [0.29, 0.717) is 10.6 Å². The first-order valence-corrected chi connectivity index (χ1v) is 11.9. The zero-order chi connectivity index (χ0) is 25.4. The van der Waals surface area contributed by atoms with E-state index in [0.717, 1.165) is 23.9 Å². The molecule has 0 amide bonds. The first kappa shape index (κ1) is 29.5. The first-order valence-electron chi connectivity index (χ1n) is 9.97. The minimum atomic E-state index is -5.13. The number of hydrogen-bond acceptors (Lipinski definition) is 4. The van der Waals surface area contributed by atoms with Crippen molar-refractivity contribution in [2.75, 3.05) is 11.5 Å². The van der Waals surface area contributed by atoms with Crippen molar-refractivity contribution in [3.8, 4) is 11.1 Å². The molecule has 0 spiro atoms. The summed E-state index contributed by atoms with van der Waals surface area (Å²) in [6.07, 6.45) is -5.90. The average Bonchev–Trinajstić information content (AvgIpc) is 2.73. The van der Waals surface area contributed by atoms with E-state index in [1.165, 1.54) is 24.3 Å². The van der Waals surface area contributed by atoms with E-state index >= 15 is 0 Å². The molecule has 4 nitrogen and oxygen atoms in total. The summed E-state index contributed by atoms with van der Waals surface area (Å²) in [6, 6.07) is 6.31. The normalized spacial score (nSPS) is 14.1. The Morgan fingerprint density at radius 2 is 1.76 bits per heavy atom. The number of thioether (sulfide) groups is 1. The van der Waals surface area contributed by atoms with Crippen molar-refractivity contribution in [2.45, 2.75) is 44.5 Å². The topological polar surface area (TPSA) is 83.5 Å². The second-order valence-corrected chi connectivity index (χ2v) is 8.84. The lowest BCUT2D eigenvalue weighted by molar-refractivity contribution is -0.268. The van der Waals surface area contributed by atoms with Crippen LogP contribution in [0.4, 0.5) is 17.6 Å². The largest absolute Gasteiger partial charge is 0.480 e. The van der Waals surface area contributed by atoms with Gasteiger partial charge in [0.25, 0.3) is 0 Å². The van der Waals surface area contributed by atoms with Gasteiger partial charge in [-0.05, 0) is 48.1 Å². The van der Waals surface area contributed by atoms with E-state index in [2.05, 4.69) is 0 Å². The van der Waals surface area contributed by atoms with E-state index in [-0.39, 0.29) is 28.5 Å². The molecule has 0 saturated carbocycles. The fraction of sp³-hybridized carbons (Fsp3) is 0.409. The second-order valence-electron chi connectivity index (χ2n) is 6.77. The van der Waals surface area contributed by atoms with Gasteiger partial charge in [-0.2, -0.15) is 24.9 Å². The minimum absolute atomic E-state index is 0.0509. The Morgan fingerprint density at radius 3 is 2.27 bits per heavy atom. The SMILES string of the molecule is CC.NC(CCSCCC(O)(c1ccc(-c2ccc(Cl)cc2Cl)cc1F)C(F)(F)F)C(=O)O. The van der Waals surface area contributed by atoms with Gasteiger partial charge in [-0.25, -0.2) is 4.39 Å². The molecule has 0 radical (unpaired) electrons. The number of alkyl halides is 3. The van der Waals surface area contributed by atoms with Crippen molar-refractivity contribution in [3.63, 3.8) is 0 Å². The molecular formula is C22H25Cl2F4NO3S. The smallest absolute Gasteiger partial charge is 0.421 e. The van der Waals surface area contributed by atoms with E-state index in [9.17, 15) is 27.5 Å². The number of nitrogens with two attached hydrogens (primary N) is 1. The lowest BCUT2D eigenvalue weighted by atomic mass is 9.88. The summed E-state index contributed by atoms with van der Waals surface area (Å²) in [4.78, 5) is 10.7. The van der Waals surface area contributed by atoms with Gasteiger partial charge in [0, 0.05) is 21.2 Å². The molecule has 184 valence electrons. The zero-order valence-electron chi connectivity index (χ0n) is 17.9. The molecule has 2 aromatic carbocycles. The summed E-state index contributed by atoms with van der Waals surface area (Å²) in [5.74, 6) is -2.46. The molecule has 11 heteroatoms. The number of aliphatic carboxylic acids is 1. The number of rotatable bonds is 9. The summed E-state index contributed by atoms with van der Waals surface area (Å²) in [5.41, 5.74) is 1.61. The van der Waals surface area contributed by atoms with Gasteiger partial charge in [-0.15, -0.1) is 0 Å². The highest BCUT2D eigenvalue weighted by molar-refractivity contribution is 7.99. The molecule has 0 aliphatic rings. The standard InChI is InChI=1S/C20H19Cl2F4NO3S.C2H6/c21-12-2-3-13(15(22)10-12)11-1-4-14(16(23)9-11)19(30,20(24,25)26)6-8-31-7-5-17(27)18(28)29;1-2/h1-4,9-10,17,30H,5-8,27H2,(H,28,29);1-2H3. The number of carboxylic acids is 1. The molecule has 0 aromatic heterocycles. The van der Waals surface area contributed by atoms with Crippen LogP contribution in [0.25, 0.3) is 11.1 Å². The third-order valence-corrected chi connectivity index (χ3v) is 6.19. The van der Waals surface area contributed by atoms with Gasteiger partial charge in [0.1, 0.15) is 11.9 Å². The number of carboxylic acid groups (broad SMARTS) is 1. The Balaban J connectivity index is 0.00000265. The number of halogens is 6. The maximum absolute atomic E-state index is 14.7. The summed E-state index contributed by atoms with van der Waals surface area (Å²) in [6.45, 7) is 4.00. The fourth-order valence-corrected chi connectivity index (χ4v) is 4.41. The molecule has 2 rings (SSSR count). The fourth-order valence-electron chi connectivity index (χ4n) is 2.83. The number of hydrogen-bond donors (Lipinski definition) is 3. The summed E-state index contributed by atoms with van der Waals surface area (Å²) < 4.78 is 55.8. The van der Waals surface area contributed by atoms with Crippen LogP contribution in [0.2, 0.25) is 10.0 Å². The van der Waals surface area contributed by atoms with Crippen LogP contribution in [0.3, 0.4) is 0 Å². The van der Waals surface area contributed by atoms with Crippen molar-refractivity contribution in [1.82, 2.24) is 0 Å². The number of carbonyl (C=O) groups is 1. The zero-order valence-corrected chi connectivity index (χ0v) is 20.3. The van der Waals surface area contributed by atoms with Crippen LogP contribution in [-0.2, 0) is 10.4 Å². The Bertz CT molecular complexity index is 946. The molecule has 0 heterocycles. The maximum Gasteiger partial charge on any atom is 0.421 e. The van der Waals surface area contributed by atoms with Crippen LogP contribution >= 0.6 is 35.0 Å². The van der Waals surface area contributed by atoms with Crippen LogP contribution in [0.15, 0.2) is 36.4 Å². The number of benzene rings is 2. The van der Waals surface area contributed by atoms with Crippen molar-refractivity contribution in [2.24, 2.45) is 5.73 Å². The molecule has 0 aliphatic carbocycles. The Hall–Kier alpha value is -1.52. The molecule has 0 aliphatic heterocycles. The molecule has 2 unspecified atom stereocenters. The van der Waals surface area contributed by atoms with Crippen molar-refractivity contribution in [3.05, 3.63) is 57.8 Å². The van der Waals surface area contributed by atoms with Crippen LogP contribution in [0.1, 0.15) is 32.3 Å². The molecular weight excluding hydrogens is 505 g/mol. The van der Waals surface area contributed by atoms with Crippen molar-refractivity contribution < 1.29 is 32.6 Å². The third-order valence-electron chi connectivity index (χ3n) is 4.62. The quantitative estimate of drug-likeness (QED) is 0.255. The van der Waals surface area contributed by atoms with E-state index in [4.69, 9.17) is 34.0 Å². The molecule has 2 aromatic rings. The van der Waals surface area contributed by atoms with E-state index in [1.807, 2.05) is 13.8 Å². The highest BCUT2D eigenvalue weighted by Crippen LogP contribution is 2.44. The summed E-state index contributed by atoms with van der Waals surface area (Å²) in [5, 5.41) is 19.7. The van der Waals surface area contributed by atoms with Crippen LogP contribution in [0, 0.1) is 5.82 Å². The van der Waals surface area contributed by atoms with Gasteiger partial charge in [0.05, 0.1) is 0 Å². The number of aliphatic hydroxyl groups is 1. The Labute approximate surface area is 204 Å². The second kappa shape index (κ2) is 12.8. The molecule has 0 saturated heterocycles. The Kier molecular flexibility index (Phi) is 11.5.